The smallest absolute Gasteiger partial charge is 0.187 e. The predicted octanol–water partition coefficient (Wildman–Crippen LogP) is 3.11. The molecule has 0 spiro atoms. The largest absolute Gasteiger partial charge is 0.493 e. The van der Waals surface area contributed by atoms with E-state index in [2.05, 4.69) is 0 Å². The molecule has 2 aromatic rings. The summed E-state index contributed by atoms with van der Waals surface area (Å²) < 4.78 is 12.2. The van der Waals surface area contributed by atoms with Crippen molar-refractivity contribution >= 4 is 23.2 Å². The molecule has 4 nitrogen and oxygen atoms in total. The summed E-state index contributed by atoms with van der Waals surface area (Å²) >= 11 is 12.4. The van der Waals surface area contributed by atoms with E-state index in [0.717, 1.165) is 0 Å². The van der Waals surface area contributed by atoms with Crippen LogP contribution in [-0.2, 0) is 13.5 Å². The molecule has 0 aliphatic heterocycles. The van der Waals surface area contributed by atoms with Gasteiger partial charge in [0.1, 0.15) is 17.1 Å². The lowest BCUT2D eigenvalue weighted by molar-refractivity contribution is -0.671. The maximum atomic E-state index is 10.5. The molecule has 0 aliphatic rings. The van der Waals surface area contributed by atoms with Gasteiger partial charge >= 0.3 is 0 Å². The molecule has 1 atom stereocenters. The Bertz CT molecular complexity index is 653. The third-order valence-electron chi connectivity index (χ3n) is 3.40. The molecule has 1 heterocycles. The van der Waals surface area contributed by atoms with Gasteiger partial charge in [0, 0.05) is 12.0 Å². The normalized spacial score (nSPS) is 12.1. The molecule has 0 amide bonds. The SMILES string of the molecule is COc1ccc(C(O)Cc2c(Cl)c[n+](C)cc2Cl)cc1OC. The number of aliphatic hydroxyl groups is 1. The number of aryl methyl sites for hydroxylation is 1. The minimum absolute atomic E-state index is 0.313. The molecule has 6 heteroatoms. The standard InChI is InChI=1S/C16H18Cl2NO3/c1-19-8-12(17)11(13(18)9-19)7-14(20)10-4-5-15(21-2)16(6-10)22-3/h4-6,8-9,14,20H,7H2,1-3H3/q+1. The molecular formula is C16H18Cl2NO3+. The maximum Gasteiger partial charge on any atom is 0.187 e. The second-order valence-electron chi connectivity index (χ2n) is 4.93. The zero-order chi connectivity index (χ0) is 16.3. The summed E-state index contributed by atoms with van der Waals surface area (Å²) in [6.45, 7) is 0. The van der Waals surface area contributed by atoms with Crippen LogP contribution in [0.2, 0.25) is 10.0 Å². The van der Waals surface area contributed by atoms with Crippen molar-refractivity contribution < 1.29 is 19.1 Å². The van der Waals surface area contributed by atoms with Gasteiger partial charge in [0.2, 0.25) is 0 Å². The molecule has 0 fully saturated rings. The molecule has 2 rings (SSSR count). The molecule has 1 aromatic heterocycles. The van der Waals surface area contributed by atoms with Gasteiger partial charge in [-0.15, -0.1) is 0 Å². The second-order valence-corrected chi connectivity index (χ2v) is 5.75. The zero-order valence-electron chi connectivity index (χ0n) is 12.6. The van der Waals surface area contributed by atoms with Crippen molar-refractivity contribution in [3.05, 3.63) is 51.8 Å². The number of ether oxygens (including phenoxy) is 2. The summed E-state index contributed by atoms with van der Waals surface area (Å²) in [6.07, 6.45) is 3.07. The van der Waals surface area contributed by atoms with Crippen LogP contribution in [-0.4, -0.2) is 19.3 Å². The van der Waals surface area contributed by atoms with Crippen LogP contribution < -0.4 is 14.0 Å². The molecule has 0 bridgehead atoms. The van der Waals surface area contributed by atoms with Crippen LogP contribution in [0.4, 0.5) is 0 Å². The molecule has 0 saturated heterocycles. The summed E-state index contributed by atoms with van der Waals surface area (Å²) in [5.41, 5.74) is 1.42. The van der Waals surface area contributed by atoms with Crippen molar-refractivity contribution in [1.82, 2.24) is 0 Å². The monoisotopic (exact) mass is 342 g/mol. The van der Waals surface area contributed by atoms with E-state index in [1.807, 2.05) is 7.05 Å². The first kappa shape index (κ1) is 16.9. The molecule has 1 N–H and O–H groups in total. The van der Waals surface area contributed by atoms with Gasteiger partial charge in [0.25, 0.3) is 0 Å². The van der Waals surface area contributed by atoms with E-state index in [0.29, 0.717) is 39.1 Å². The third-order valence-corrected chi connectivity index (χ3v) is 4.05. The van der Waals surface area contributed by atoms with Crippen molar-refractivity contribution in [2.24, 2.45) is 7.05 Å². The van der Waals surface area contributed by atoms with Gasteiger partial charge in [-0.1, -0.05) is 29.3 Å². The first-order valence-corrected chi connectivity index (χ1v) is 7.45. The van der Waals surface area contributed by atoms with Crippen molar-refractivity contribution in [3.63, 3.8) is 0 Å². The lowest BCUT2D eigenvalue weighted by Gasteiger charge is -2.15. The first-order valence-electron chi connectivity index (χ1n) is 6.69. The molecule has 0 saturated carbocycles. The van der Waals surface area contributed by atoms with Crippen molar-refractivity contribution in [3.8, 4) is 11.5 Å². The Labute approximate surface area is 139 Å². The van der Waals surface area contributed by atoms with Gasteiger partial charge in [-0.3, -0.25) is 0 Å². The Hall–Kier alpha value is -1.49. The van der Waals surface area contributed by atoms with Crippen LogP contribution in [0.25, 0.3) is 0 Å². The van der Waals surface area contributed by atoms with Crippen LogP contribution in [0.15, 0.2) is 30.6 Å². The highest BCUT2D eigenvalue weighted by Crippen LogP contribution is 2.33. The minimum Gasteiger partial charge on any atom is -0.493 e. The van der Waals surface area contributed by atoms with Crippen LogP contribution >= 0.6 is 23.2 Å². The topological polar surface area (TPSA) is 42.6 Å². The van der Waals surface area contributed by atoms with Gasteiger partial charge in [-0.2, -0.15) is 0 Å². The summed E-state index contributed by atoms with van der Waals surface area (Å²) in [4.78, 5) is 0. The predicted molar refractivity (Wildman–Crippen MR) is 85.8 cm³/mol. The van der Waals surface area contributed by atoms with E-state index < -0.39 is 6.10 Å². The number of hydrogen-bond acceptors (Lipinski definition) is 3. The number of pyridine rings is 1. The molecule has 1 unspecified atom stereocenters. The van der Waals surface area contributed by atoms with Gasteiger partial charge in [0.05, 0.1) is 20.3 Å². The fraction of sp³-hybridized carbons (Fsp3) is 0.312. The highest BCUT2D eigenvalue weighted by Gasteiger charge is 2.18. The number of methoxy groups -OCH3 is 2. The highest BCUT2D eigenvalue weighted by molar-refractivity contribution is 6.35. The summed E-state index contributed by atoms with van der Waals surface area (Å²) in [6, 6.07) is 5.29. The number of hydrogen-bond donors (Lipinski definition) is 1. The van der Waals surface area contributed by atoms with E-state index in [-0.39, 0.29) is 0 Å². The summed E-state index contributed by atoms with van der Waals surface area (Å²) in [5.74, 6) is 1.18. The van der Waals surface area contributed by atoms with Crippen LogP contribution in [0.1, 0.15) is 17.2 Å². The van der Waals surface area contributed by atoms with E-state index in [1.54, 1.807) is 49.4 Å². The van der Waals surface area contributed by atoms with Crippen LogP contribution in [0.3, 0.4) is 0 Å². The molecule has 118 valence electrons. The average molecular weight is 343 g/mol. The highest BCUT2D eigenvalue weighted by atomic mass is 35.5. The van der Waals surface area contributed by atoms with Crippen LogP contribution in [0.5, 0.6) is 11.5 Å². The van der Waals surface area contributed by atoms with Crippen molar-refractivity contribution in [2.45, 2.75) is 12.5 Å². The Morgan fingerprint density at radius 2 is 1.68 bits per heavy atom. The lowest BCUT2D eigenvalue weighted by atomic mass is 10.0. The van der Waals surface area contributed by atoms with Gasteiger partial charge in [0.15, 0.2) is 23.9 Å². The van der Waals surface area contributed by atoms with E-state index in [4.69, 9.17) is 32.7 Å². The fourth-order valence-corrected chi connectivity index (χ4v) is 2.95. The zero-order valence-corrected chi connectivity index (χ0v) is 14.1. The van der Waals surface area contributed by atoms with Crippen molar-refractivity contribution in [2.75, 3.05) is 14.2 Å². The molecular weight excluding hydrogens is 325 g/mol. The van der Waals surface area contributed by atoms with E-state index >= 15 is 0 Å². The van der Waals surface area contributed by atoms with Gasteiger partial charge in [-0.25, -0.2) is 4.57 Å². The number of aliphatic hydroxyl groups excluding tert-OH is 1. The Morgan fingerprint density at radius 3 is 2.23 bits per heavy atom. The van der Waals surface area contributed by atoms with E-state index in [1.165, 1.54) is 0 Å². The number of benzene rings is 1. The molecule has 0 radical (unpaired) electrons. The second kappa shape index (κ2) is 7.18. The quantitative estimate of drug-likeness (QED) is 0.849. The number of halogens is 2. The first-order chi connectivity index (χ1) is 10.5. The van der Waals surface area contributed by atoms with Gasteiger partial charge < -0.3 is 14.6 Å². The summed E-state index contributed by atoms with van der Waals surface area (Å²) in [7, 11) is 4.96. The average Bonchev–Trinajstić information content (AvgIpc) is 2.49. The van der Waals surface area contributed by atoms with Crippen LogP contribution in [0, 0.1) is 0 Å². The molecule has 0 aliphatic carbocycles. The maximum absolute atomic E-state index is 10.5. The van der Waals surface area contributed by atoms with E-state index in [9.17, 15) is 5.11 Å². The minimum atomic E-state index is -0.748. The lowest BCUT2D eigenvalue weighted by Crippen LogP contribution is -2.27. The summed E-state index contributed by atoms with van der Waals surface area (Å²) in [5, 5.41) is 11.5. The Kier molecular flexibility index (Phi) is 5.51. The number of aromatic nitrogens is 1. The molecule has 22 heavy (non-hydrogen) atoms. The Balaban J connectivity index is 2.28. The Morgan fingerprint density at radius 1 is 1.09 bits per heavy atom. The fourth-order valence-electron chi connectivity index (χ4n) is 2.23. The molecule has 1 aromatic carbocycles. The van der Waals surface area contributed by atoms with Gasteiger partial charge in [-0.05, 0) is 17.7 Å². The number of nitrogens with zero attached hydrogens (tertiary/aromatic N) is 1. The third kappa shape index (κ3) is 3.64. The number of rotatable bonds is 5. The van der Waals surface area contributed by atoms with Crippen molar-refractivity contribution in [1.29, 1.82) is 0 Å².